The summed E-state index contributed by atoms with van der Waals surface area (Å²) >= 11 is 0. The van der Waals surface area contributed by atoms with Crippen molar-refractivity contribution in [3.8, 4) is 5.75 Å². The maximum absolute atomic E-state index is 12.3. The van der Waals surface area contributed by atoms with Crippen molar-refractivity contribution in [1.82, 2.24) is 0 Å². The summed E-state index contributed by atoms with van der Waals surface area (Å²) in [6, 6.07) is 6.82. The van der Waals surface area contributed by atoms with Crippen molar-refractivity contribution in [3.63, 3.8) is 0 Å². The van der Waals surface area contributed by atoms with Crippen LogP contribution in [0.25, 0.3) is 0 Å². The van der Waals surface area contributed by atoms with Gasteiger partial charge in [-0.15, -0.1) is 0 Å². The summed E-state index contributed by atoms with van der Waals surface area (Å²) < 4.78 is 28.8. The van der Waals surface area contributed by atoms with Crippen LogP contribution in [0.1, 0.15) is 27.8 Å². The van der Waals surface area contributed by atoms with E-state index in [0.717, 1.165) is 27.8 Å². The summed E-state index contributed by atoms with van der Waals surface area (Å²) in [5.74, 6) is 0.301. The molecule has 0 aromatic heterocycles. The van der Waals surface area contributed by atoms with Crippen molar-refractivity contribution in [2.45, 2.75) is 39.5 Å². The molecule has 6 nitrogen and oxygen atoms in total. The Bertz CT molecular complexity index is 943. The Hall–Kier alpha value is -2.38. The van der Waals surface area contributed by atoms with Crippen LogP contribution >= 0.6 is 0 Å². The molecule has 0 unspecified atom stereocenters. The maximum atomic E-state index is 12.3. The highest BCUT2D eigenvalue weighted by Crippen LogP contribution is 2.25. The minimum atomic E-state index is -3.85. The Balaban J connectivity index is 2.17. The van der Waals surface area contributed by atoms with Gasteiger partial charge in [-0.25, -0.2) is 13.6 Å². The van der Waals surface area contributed by atoms with Crippen molar-refractivity contribution in [3.05, 3.63) is 52.1 Å². The molecule has 0 radical (unpaired) electrons. The smallest absolute Gasteiger partial charge is 0.262 e. The van der Waals surface area contributed by atoms with Crippen LogP contribution in [0.4, 0.5) is 5.69 Å². The normalized spacial score (nSPS) is 11.3. The number of ether oxygens (including phenoxy) is 1. The number of carbonyl (C=O) groups is 1. The van der Waals surface area contributed by atoms with Gasteiger partial charge in [0.1, 0.15) is 5.75 Å². The van der Waals surface area contributed by atoms with E-state index in [1.165, 1.54) is 12.1 Å². The lowest BCUT2D eigenvalue weighted by Crippen LogP contribution is -2.22. The number of aryl methyl sites for hydroxylation is 4. The molecule has 2 aromatic carbocycles. The number of hydrogen-bond acceptors (Lipinski definition) is 4. The average molecular weight is 376 g/mol. The lowest BCUT2D eigenvalue weighted by Gasteiger charge is -2.15. The number of carbonyl (C=O) groups excluding carboxylic acids is 1. The summed E-state index contributed by atoms with van der Waals surface area (Å²) in [5, 5.41) is 7.89. The van der Waals surface area contributed by atoms with E-state index in [4.69, 9.17) is 9.88 Å². The number of nitrogens with one attached hydrogen (secondary N) is 1. The summed E-state index contributed by atoms with van der Waals surface area (Å²) in [6.07, 6.45) is 0. The first kappa shape index (κ1) is 19.9. The van der Waals surface area contributed by atoms with Crippen LogP contribution in [0.3, 0.4) is 0 Å². The first-order chi connectivity index (χ1) is 12.0. The monoisotopic (exact) mass is 376 g/mol. The second-order valence-electron chi connectivity index (χ2n) is 6.52. The molecule has 0 aliphatic carbocycles. The third kappa shape index (κ3) is 4.62. The van der Waals surface area contributed by atoms with Gasteiger partial charge in [-0.05, 0) is 69.0 Å². The van der Waals surface area contributed by atoms with Crippen LogP contribution in [-0.4, -0.2) is 20.9 Å². The predicted octanol–water partition coefficient (Wildman–Crippen LogP) is 2.89. The fraction of sp³-hybridized carbons (Fsp3) is 0.316. The molecule has 2 aromatic rings. The van der Waals surface area contributed by atoms with E-state index in [1.807, 2.05) is 32.9 Å². The topological polar surface area (TPSA) is 98.5 Å². The summed E-state index contributed by atoms with van der Waals surface area (Å²) in [4.78, 5) is 12.2. The highest BCUT2D eigenvalue weighted by atomic mass is 32.2. The maximum Gasteiger partial charge on any atom is 0.262 e. The molecule has 26 heavy (non-hydrogen) atoms. The number of primary sulfonamides is 1. The lowest BCUT2D eigenvalue weighted by molar-refractivity contribution is -0.118. The van der Waals surface area contributed by atoms with Gasteiger partial charge in [0.25, 0.3) is 5.91 Å². The molecule has 0 saturated carbocycles. The second kappa shape index (κ2) is 7.47. The average Bonchev–Trinajstić information content (AvgIpc) is 2.49. The van der Waals surface area contributed by atoms with E-state index in [1.54, 1.807) is 13.8 Å². The van der Waals surface area contributed by atoms with Crippen LogP contribution in [0.5, 0.6) is 5.75 Å². The fourth-order valence-corrected chi connectivity index (χ4v) is 3.46. The highest BCUT2D eigenvalue weighted by molar-refractivity contribution is 7.89. The Morgan fingerprint density at radius 1 is 1.00 bits per heavy atom. The summed E-state index contributed by atoms with van der Waals surface area (Å²) in [6.45, 7) is 9.23. The van der Waals surface area contributed by atoms with Crippen LogP contribution in [0, 0.1) is 34.6 Å². The number of rotatable bonds is 5. The van der Waals surface area contributed by atoms with Crippen LogP contribution in [0.2, 0.25) is 0 Å². The second-order valence-corrected chi connectivity index (χ2v) is 8.08. The van der Waals surface area contributed by atoms with Gasteiger partial charge in [-0.1, -0.05) is 17.7 Å². The third-order valence-corrected chi connectivity index (χ3v) is 5.09. The fourth-order valence-electron chi connectivity index (χ4n) is 2.84. The van der Waals surface area contributed by atoms with Crippen molar-refractivity contribution in [1.29, 1.82) is 0 Å². The third-order valence-electron chi connectivity index (χ3n) is 4.20. The molecule has 3 N–H and O–H groups in total. The molecule has 0 saturated heterocycles. The molecule has 0 aliphatic heterocycles. The van der Waals surface area contributed by atoms with E-state index in [-0.39, 0.29) is 17.4 Å². The van der Waals surface area contributed by atoms with Crippen LogP contribution in [0.15, 0.2) is 29.2 Å². The quantitative estimate of drug-likeness (QED) is 0.838. The molecular formula is C19H24N2O4S. The molecule has 2 rings (SSSR count). The summed E-state index contributed by atoms with van der Waals surface area (Å²) in [7, 11) is -3.85. The highest BCUT2D eigenvalue weighted by Gasteiger charge is 2.15. The van der Waals surface area contributed by atoms with Gasteiger partial charge in [-0.2, -0.15) is 0 Å². The molecular weight excluding hydrogens is 352 g/mol. The Morgan fingerprint density at radius 2 is 1.58 bits per heavy atom. The van der Waals surface area contributed by atoms with Crippen LogP contribution < -0.4 is 15.2 Å². The molecule has 0 fully saturated rings. The molecule has 0 aliphatic rings. The van der Waals surface area contributed by atoms with Crippen molar-refractivity contribution >= 4 is 21.6 Å². The number of amides is 1. The SMILES string of the molecule is Cc1cc(C)c(OCC(=O)Nc2cc(S(N)(=O)=O)cc(C)c2C)c(C)c1. The molecule has 140 valence electrons. The number of anilines is 1. The standard InChI is InChI=1S/C19H24N2O4S/c1-11-6-13(3)19(14(4)7-11)25-10-18(22)21-17-9-16(26(20,23)24)8-12(2)15(17)5/h6-9H,10H2,1-5H3,(H,21,22)(H2,20,23,24). The van der Waals surface area contributed by atoms with Gasteiger partial charge in [0.2, 0.25) is 10.0 Å². The van der Waals surface area contributed by atoms with Gasteiger partial charge < -0.3 is 10.1 Å². The van der Waals surface area contributed by atoms with Gasteiger partial charge >= 0.3 is 0 Å². The Labute approximate surface area is 154 Å². The lowest BCUT2D eigenvalue weighted by atomic mass is 10.1. The zero-order valence-corrected chi connectivity index (χ0v) is 16.5. The van der Waals surface area contributed by atoms with E-state index >= 15 is 0 Å². The first-order valence-electron chi connectivity index (χ1n) is 8.13. The van der Waals surface area contributed by atoms with E-state index in [0.29, 0.717) is 11.4 Å². The minimum Gasteiger partial charge on any atom is -0.483 e. The molecule has 7 heteroatoms. The van der Waals surface area contributed by atoms with Gasteiger partial charge in [-0.3, -0.25) is 4.79 Å². The largest absolute Gasteiger partial charge is 0.483 e. The van der Waals surface area contributed by atoms with E-state index < -0.39 is 10.0 Å². The first-order valence-corrected chi connectivity index (χ1v) is 9.68. The zero-order chi connectivity index (χ0) is 19.6. The van der Waals surface area contributed by atoms with E-state index in [2.05, 4.69) is 5.32 Å². The van der Waals surface area contributed by atoms with Crippen molar-refractivity contribution in [2.24, 2.45) is 5.14 Å². The Kier molecular flexibility index (Phi) is 5.73. The van der Waals surface area contributed by atoms with Crippen LogP contribution in [-0.2, 0) is 14.8 Å². The van der Waals surface area contributed by atoms with Gasteiger partial charge in [0.05, 0.1) is 4.90 Å². The van der Waals surface area contributed by atoms with Crippen molar-refractivity contribution < 1.29 is 17.9 Å². The minimum absolute atomic E-state index is 0.0398. The molecule has 0 bridgehead atoms. The number of nitrogens with two attached hydrogens (primary N) is 1. The van der Waals surface area contributed by atoms with Crippen molar-refractivity contribution in [2.75, 3.05) is 11.9 Å². The molecule has 1 amide bonds. The van der Waals surface area contributed by atoms with E-state index in [9.17, 15) is 13.2 Å². The van der Waals surface area contributed by atoms with Gasteiger partial charge in [0.15, 0.2) is 6.61 Å². The predicted molar refractivity (Wildman–Crippen MR) is 102 cm³/mol. The number of benzene rings is 2. The molecule has 0 atom stereocenters. The zero-order valence-electron chi connectivity index (χ0n) is 15.6. The number of hydrogen-bond donors (Lipinski definition) is 2. The molecule has 0 spiro atoms. The Morgan fingerprint density at radius 3 is 2.12 bits per heavy atom. The molecule has 0 heterocycles. The number of sulfonamides is 1. The van der Waals surface area contributed by atoms with Gasteiger partial charge in [0, 0.05) is 5.69 Å². The summed E-state index contributed by atoms with van der Waals surface area (Å²) in [5.41, 5.74) is 4.94.